The molecule has 0 saturated heterocycles. The second-order valence-electron chi connectivity index (χ2n) is 6.59. The lowest BCUT2D eigenvalue weighted by Crippen LogP contribution is -2.20. The highest BCUT2D eigenvalue weighted by Crippen LogP contribution is 2.27. The molecule has 8 heteroatoms. The zero-order chi connectivity index (χ0) is 22.9. The smallest absolute Gasteiger partial charge is 0.262 e. The van der Waals surface area contributed by atoms with Crippen molar-refractivity contribution in [3.8, 4) is 17.2 Å². The van der Waals surface area contributed by atoms with Gasteiger partial charge in [0.1, 0.15) is 17.2 Å². The van der Waals surface area contributed by atoms with Crippen LogP contribution in [0.3, 0.4) is 0 Å². The Kier molecular flexibility index (Phi) is 7.94. The van der Waals surface area contributed by atoms with Crippen molar-refractivity contribution < 1.29 is 23.8 Å². The van der Waals surface area contributed by atoms with E-state index in [1.165, 1.54) is 7.11 Å². The van der Waals surface area contributed by atoms with E-state index in [1.807, 2.05) is 19.1 Å². The van der Waals surface area contributed by atoms with Crippen LogP contribution < -0.4 is 24.8 Å². The van der Waals surface area contributed by atoms with E-state index >= 15 is 0 Å². The monoisotopic (exact) mass is 454 g/mol. The highest BCUT2D eigenvalue weighted by atomic mass is 35.5. The number of amides is 2. The average Bonchev–Trinajstić information content (AvgIpc) is 2.79. The molecule has 7 nitrogen and oxygen atoms in total. The average molecular weight is 455 g/mol. The Morgan fingerprint density at radius 3 is 2.34 bits per heavy atom. The summed E-state index contributed by atoms with van der Waals surface area (Å²) in [6.45, 7) is 2.18. The molecule has 0 aliphatic carbocycles. The van der Waals surface area contributed by atoms with Gasteiger partial charge in [-0.25, -0.2) is 0 Å². The maximum atomic E-state index is 12.4. The third-order valence-electron chi connectivity index (χ3n) is 4.36. The zero-order valence-corrected chi connectivity index (χ0v) is 18.4. The first-order valence-corrected chi connectivity index (χ1v) is 10.3. The fourth-order valence-corrected chi connectivity index (χ4v) is 3.09. The summed E-state index contributed by atoms with van der Waals surface area (Å²) >= 11 is 6.08. The molecule has 0 aliphatic heterocycles. The lowest BCUT2D eigenvalue weighted by Gasteiger charge is -2.12. The SMILES string of the molecule is CCOc1ccccc1NC(=O)COc1ccc(C(=O)Nc2ccc(OC)c(Cl)c2)cc1. The molecule has 0 unspecified atom stereocenters. The molecule has 32 heavy (non-hydrogen) atoms. The minimum Gasteiger partial charge on any atom is -0.495 e. The highest BCUT2D eigenvalue weighted by Gasteiger charge is 2.10. The first kappa shape index (κ1) is 23.0. The van der Waals surface area contributed by atoms with Gasteiger partial charge in [-0.15, -0.1) is 0 Å². The molecule has 2 amide bonds. The normalized spacial score (nSPS) is 10.2. The van der Waals surface area contributed by atoms with E-state index in [0.29, 0.717) is 45.8 Å². The number of carbonyl (C=O) groups excluding carboxylic acids is 2. The Hall–Kier alpha value is -3.71. The molecule has 0 aromatic heterocycles. The molecular formula is C24H23ClN2O5. The van der Waals surface area contributed by atoms with Crippen molar-refractivity contribution in [3.63, 3.8) is 0 Å². The predicted molar refractivity (Wildman–Crippen MR) is 124 cm³/mol. The van der Waals surface area contributed by atoms with Gasteiger partial charge in [-0.05, 0) is 61.5 Å². The van der Waals surface area contributed by atoms with Crippen molar-refractivity contribution in [3.05, 3.63) is 77.3 Å². The molecule has 0 atom stereocenters. The maximum Gasteiger partial charge on any atom is 0.262 e. The third-order valence-corrected chi connectivity index (χ3v) is 4.65. The molecule has 0 bridgehead atoms. The second-order valence-corrected chi connectivity index (χ2v) is 7.00. The first-order chi connectivity index (χ1) is 15.5. The van der Waals surface area contributed by atoms with Gasteiger partial charge >= 0.3 is 0 Å². The van der Waals surface area contributed by atoms with Crippen LogP contribution >= 0.6 is 11.6 Å². The van der Waals surface area contributed by atoms with Gasteiger partial charge in [-0.3, -0.25) is 9.59 Å². The molecule has 166 valence electrons. The van der Waals surface area contributed by atoms with Gasteiger partial charge in [0.2, 0.25) is 0 Å². The third kappa shape index (κ3) is 6.15. The largest absolute Gasteiger partial charge is 0.495 e. The van der Waals surface area contributed by atoms with Gasteiger partial charge in [0.15, 0.2) is 6.61 Å². The number of hydrogen-bond acceptors (Lipinski definition) is 5. The number of para-hydroxylation sites is 2. The number of methoxy groups -OCH3 is 1. The summed E-state index contributed by atoms with van der Waals surface area (Å²) in [5, 5.41) is 5.93. The number of nitrogens with one attached hydrogen (secondary N) is 2. The van der Waals surface area contributed by atoms with Crippen LogP contribution in [0.1, 0.15) is 17.3 Å². The molecule has 0 spiro atoms. The predicted octanol–water partition coefficient (Wildman–Crippen LogP) is 5.02. The number of anilines is 2. The van der Waals surface area contributed by atoms with Crippen LogP contribution in [-0.2, 0) is 4.79 Å². The fourth-order valence-electron chi connectivity index (χ4n) is 2.84. The number of hydrogen-bond donors (Lipinski definition) is 2. The molecule has 0 saturated carbocycles. The van der Waals surface area contributed by atoms with Gasteiger partial charge in [0.05, 0.1) is 24.4 Å². The molecular weight excluding hydrogens is 432 g/mol. The molecule has 3 aromatic rings. The lowest BCUT2D eigenvalue weighted by atomic mass is 10.2. The van der Waals surface area contributed by atoms with Crippen LogP contribution in [0, 0.1) is 0 Å². The van der Waals surface area contributed by atoms with E-state index in [-0.39, 0.29) is 18.4 Å². The van der Waals surface area contributed by atoms with E-state index in [1.54, 1.807) is 54.6 Å². The Morgan fingerprint density at radius 1 is 0.906 bits per heavy atom. The van der Waals surface area contributed by atoms with Crippen molar-refractivity contribution in [1.29, 1.82) is 0 Å². The number of benzene rings is 3. The molecule has 0 heterocycles. The van der Waals surface area contributed by atoms with E-state index in [0.717, 1.165) is 0 Å². The van der Waals surface area contributed by atoms with E-state index in [9.17, 15) is 9.59 Å². The topological polar surface area (TPSA) is 85.9 Å². The number of halogens is 1. The molecule has 3 aromatic carbocycles. The number of carbonyl (C=O) groups is 2. The summed E-state index contributed by atoms with van der Waals surface area (Å²) in [6.07, 6.45) is 0. The van der Waals surface area contributed by atoms with Crippen LogP contribution in [0.5, 0.6) is 17.2 Å². The van der Waals surface area contributed by atoms with Gasteiger partial charge < -0.3 is 24.8 Å². The van der Waals surface area contributed by atoms with Crippen LogP contribution in [0.2, 0.25) is 5.02 Å². The van der Waals surface area contributed by atoms with Gasteiger partial charge in [0.25, 0.3) is 11.8 Å². The maximum absolute atomic E-state index is 12.4. The van der Waals surface area contributed by atoms with Gasteiger partial charge in [-0.2, -0.15) is 0 Å². The second kappa shape index (κ2) is 11.1. The van der Waals surface area contributed by atoms with Crippen LogP contribution in [0.15, 0.2) is 66.7 Å². The van der Waals surface area contributed by atoms with Crippen LogP contribution in [0.25, 0.3) is 0 Å². The summed E-state index contributed by atoms with van der Waals surface area (Å²) in [5.41, 5.74) is 1.55. The van der Waals surface area contributed by atoms with Crippen LogP contribution in [0.4, 0.5) is 11.4 Å². The summed E-state index contributed by atoms with van der Waals surface area (Å²) in [5.74, 6) is 0.953. The van der Waals surface area contributed by atoms with Crippen molar-refractivity contribution in [2.45, 2.75) is 6.92 Å². The van der Waals surface area contributed by atoms with Crippen LogP contribution in [-0.4, -0.2) is 32.1 Å². The van der Waals surface area contributed by atoms with Crippen molar-refractivity contribution in [2.24, 2.45) is 0 Å². The molecule has 0 radical (unpaired) electrons. The van der Waals surface area contributed by atoms with Crippen molar-refractivity contribution in [1.82, 2.24) is 0 Å². The number of ether oxygens (including phenoxy) is 3. The van der Waals surface area contributed by atoms with E-state index in [4.69, 9.17) is 25.8 Å². The summed E-state index contributed by atoms with van der Waals surface area (Å²) in [7, 11) is 1.52. The zero-order valence-electron chi connectivity index (χ0n) is 17.7. The van der Waals surface area contributed by atoms with Crippen molar-refractivity contribution >= 4 is 34.8 Å². The molecule has 0 aliphatic rings. The molecule has 0 fully saturated rings. The summed E-state index contributed by atoms with van der Waals surface area (Å²) < 4.78 is 16.1. The Morgan fingerprint density at radius 2 is 1.66 bits per heavy atom. The minimum atomic E-state index is -0.324. The molecule has 2 N–H and O–H groups in total. The Bertz CT molecular complexity index is 1090. The van der Waals surface area contributed by atoms with Gasteiger partial charge in [-0.1, -0.05) is 23.7 Å². The standard InChI is InChI=1S/C24H23ClN2O5/c1-3-31-22-7-5-4-6-20(22)27-23(28)15-32-18-11-8-16(9-12-18)24(29)26-17-10-13-21(30-2)19(25)14-17/h4-14H,3,15H2,1-2H3,(H,26,29)(H,27,28). The fraction of sp³-hybridized carbons (Fsp3) is 0.167. The summed E-state index contributed by atoms with van der Waals surface area (Å²) in [6, 6.07) is 18.6. The van der Waals surface area contributed by atoms with Gasteiger partial charge in [0, 0.05) is 11.3 Å². The number of rotatable bonds is 9. The lowest BCUT2D eigenvalue weighted by molar-refractivity contribution is -0.118. The minimum absolute atomic E-state index is 0.184. The first-order valence-electron chi connectivity index (χ1n) is 9.89. The van der Waals surface area contributed by atoms with E-state index < -0.39 is 0 Å². The van der Waals surface area contributed by atoms with Crippen molar-refractivity contribution in [2.75, 3.05) is 31.0 Å². The summed E-state index contributed by atoms with van der Waals surface area (Å²) in [4.78, 5) is 24.7. The quantitative estimate of drug-likeness (QED) is 0.474. The molecule has 3 rings (SSSR count). The highest BCUT2D eigenvalue weighted by molar-refractivity contribution is 6.32. The Balaban J connectivity index is 1.53. The Labute approximate surface area is 191 Å². The van der Waals surface area contributed by atoms with E-state index in [2.05, 4.69) is 10.6 Å².